The summed E-state index contributed by atoms with van der Waals surface area (Å²) in [6.45, 7) is 5.21. The van der Waals surface area contributed by atoms with Crippen molar-refractivity contribution in [1.29, 1.82) is 0 Å². The highest BCUT2D eigenvalue weighted by Crippen LogP contribution is 2.48. The van der Waals surface area contributed by atoms with E-state index in [1.807, 2.05) is 61.5 Å². The Morgan fingerprint density at radius 1 is 0.840 bits per heavy atom. The SMILES string of the molecule is CC1=C(C)C(O)(c2ccccc2C2(c3ccccc3)OCCO2)CC1. The first-order chi connectivity index (χ1) is 12.1. The van der Waals surface area contributed by atoms with Gasteiger partial charge in [-0.15, -0.1) is 0 Å². The highest BCUT2D eigenvalue weighted by atomic mass is 16.7. The van der Waals surface area contributed by atoms with E-state index >= 15 is 0 Å². The highest BCUT2D eigenvalue weighted by molar-refractivity contribution is 5.47. The van der Waals surface area contributed by atoms with Crippen molar-refractivity contribution in [1.82, 2.24) is 0 Å². The fraction of sp³-hybridized carbons (Fsp3) is 0.364. The molecule has 1 fully saturated rings. The molecule has 4 rings (SSSR count). The monoisotopic (exact) mass is 336 g/mol. The molecule has 0 amide bonds. The predicted molar refractivity (Wildman–Crippen MR) is 97.1 cm³/mol. The van der Waals surface area contributed by atoms with Gasteiger partial charge in [0.2, 0.25) is 5.79 Å². The highest BCUT2D eigenvalue weighted by Gasteiger charge is 2.47. The van der Waals surface area contributed by atoms with Gasteiger partial charge in [-0.05, 0) is 37.8 Å². The minimum absolute atomic E-state index is 0.537. The number of hydrogen-bond donors (Lipinski definition) is 1. The van der Waals surface area contributed by atoms with E-state index in [1.165, 1.54) is 5.57 Å². The lowest BCUT2D eigenvalue weighted by molar-refractivity contribution is -0.132. The van der Waals surface area contributed by atoms with Crippen LogP contribution in [0, 0.1) is 0 Å². The van der Waals surface area contributed by atoms with Crippen LogP contribution in [-0.2, 0) is 20.9 Å². The van der Waals surface area contributed by atoms with E-state index in [2.05, 4.69) is 6.92 Å². The molecule has 1 atom stereocenters. The zero-order valence-electron chi connectivity index (χ0n) is 14.8. The molecular formula is C22H24O3. The first-order valence-electron chi connectivity index (χ1n) is 8.90. The van der Waals surface area contributed by atoms with Gasteiger partial charge in [0.05, 0.1) is 13.2 Å². The van der Waals surface area contributed by atoms with E-state index < -0.39 is 11.4 Å². The van der Waals surface area contributed by atoms with Crippen molar-refractivity contribution in [3.8, 4) is 0 Å². The normalized spacial score (nSPS) is 25.6. The number of ether oxygens (including phenoxy) is 2. The molecule has 3 heteroatoms. The van der Waals surface area contributed by atoms with Gasteiger partial charge in [0, 0.05) is 11.1 Å². The molecule has 1 N–H and O–H groups in total. The summed E-state index contributed by atoms with van der Waals surface area (Å²) in [7, 11) is 0. The molecule has 1 saturated heterocycles. The summed E-state index contributed by atoms with van der Waals surface area (Å²) in [5.41, 5.74) is 4.09. The lowest BCUT2D eigenvalue weighted by atomic mass is 9.81. The van der Waals surface area contributed by atoms with Crippen LogP contribution in [0.2, 0.25) is 0 Å². The predicted octanol–water partition coefficient (Wildman–Crippen LogP) is 4.25. The first kappa shape index (κ1) is 16.5. The van der Waals surface area contributed by atoms with Crippen molar-refractivity contribution in [2.24, 2.45) is 0 Å². The summed E-state index contributed by atoms with van der Waals surface area (Å²) < 4.78 is 12.3. The molecule has 0 bridgehead atoms. The molecule has 130 valence electrons. The summed E-state index contributed by atoms with van der Waals surface area (Å²) in [4.78, 5) is 0. The fourth-order valence-electron chi connectivity index (χ4n) is 4.11. The maximum Gasteiger partial charge on any atom is 0.222 e. The maximum atomic E-state index is 11.5. The fourth-order valence-corrected chi connectivity index (χ4v) is 4.11. The second kappa shape index (κ2) is 6.10. The Bertz CT molecular complexity index is 803. The molecule has 2 aromatic rings. The smallest absolute Gasteiger partial charge is 0.222 e. The number of allylic oxidation sites excluding steroid dienone is 1. The lowest BCUT2D eigenvalue weighted by Crippen LogP contribution is -2.35. The van der Waals surface area contributed by atoms with Gasteiger partial charge in [-0.25, -0.2) is 0 Å². The third-order valence-corrected chi connectivity index (χ3v) is 5.70. The third kappa shape index (κ3) is 2.46. The molecule has 3 nitrogen and oxygen atoms in total. The van der Waals surface area contributed by atoms with Gasteiger partial charge in [0.1, 0.15) is 5.60 Å². The minimum atomic E-state index is -0.961. The summed E-state index contributed by atoms with van der Waals surface area (Å²) >= 11 is 0. The van der Waals surface area contributed by atoms with Crippen molar-refractivity contribution >= 4 is 0 Å². The Kier molecular flexibility index (Phi) is 4.03. The molecular weight excluding hydrogens is 312 g/mol. The van der Waals surface area contributed by atoms with E-state index in [0.29, 0.717) is 19.6 Å². The van der Waals surface area contributed by atoms with Gasteiger partial charge < -0.3 is 14.6 Å². The molecule has 25 heavy (non-hydrogen) atoms. The average Bonchev–Trinajstić information content (AvgIpc) is 3.25. The van der Waals surface area contributed by atoms with Crippen molar-refractivity contribution < 1.29 is 14.6 Å². The third-order valence-electron chi connectivity index (χ3n) is 5.70. The maximum absolute atomic E-state index is 11.5. The molecule has 0 spiro atoms. The van der Waals surface area contributed by atoms with Gasteiger partial charge in [-0.2, -0.15) is 0 Å². The quantitative estimate of drug-likeness (QED) is 0.852. The standard InChI is InChI=1S/C22H24O3/c1-16-12-13-21(23,17(16)2)19-10-6-7-11-20(19)22(24-14-15-25-22)18-8-4-3-5-9-18/h3-11,23H,12-15H2,1-2H3. The van der Waals surface area contributed by atoms with Crippen molar-refractivity contribution in [2.45, 2.75) is 38.1 Å². The van der Waals surface area contributed by atoms with Crippen molar-refractivity contribution in [2.75, 3.05) is 13.2 Å². The van der Waals surface area contributed by atoms with E-state index in [4.69, 9.17) is 9.47 Å². The van der Waals surface area contributed by atoms with Crippen LogP contribution >= 0.6 is 0 Å². The Labute approximate surface area is 148 Å². The Hall–Kier alpha value is -1.94. The Morgan fingerprint density at radius 2 is 1.44 bits per heavy atom. The average molecular weight is 336 g/mol. The number of hydrogen-bond acceptors (Lipinski definition) is 3. The second-order valence-electron chi connectivity index (χ2n) is 6.99. The van der Waals surface area contributed by atoms with Gasteiger partial charge in [0.15, 0.2) is 0 Å². The number of benzene rings is 2. The molecule has 1 aliphatic carbocycles. The summed E-state index contributed by atoms with van der Waals surface area (Å²) in [6, 6.07) is 18.0. The molecule has 0 aromatic heterocycles. The number of rotatable bonds is 3. The van der Waals surface area contributed by atoms with Crippen LogP contribution in [0.5, 0.6) is 0 Å². The van der Waals surface area contributed by atoms with Crippen LogP contribution in [0.15, 0.2) is 65.7 Å². The van der Waals surface area contributed by atoms with Crippen LogP contribution in [0.3, 0.4) is 0 Å². The molecule has 2 aliphatic rings. The van der Waals surface area contributed by atoms with Crippen LogP contribution in [0.1, 0.15) is 43.4 Å². The summed E-state index contributed by atoms with van der Waals surface area (Å²) in [5, 5.41) is 11.5. The van der Waals surface area contributed by atoms with E-state index in [1.54, 1.807) is 0 Å². The van der Waals surface area contributed by atoms with Crippen LogP contribution in [0.4, 0.5) is 0 Å². The number of aliphatic hydroxyl groups is 1. The van der Waals surface area contributed by atoms with E-state index in [9.17, 15) is 5.11 Å². The van der Waals surface area contributed by atoms with Crippen molar-refractivity contribution in [3.05, 3.63) is 82.4 Å². The first-order valence-corrected chi connectivity index (χ1v) is 8.90. The van der Waals surface area contributed by atoms with Crippen LogP contribution in [0.25, 0.3) is 0 Å². The zero-order chi connectivity index (χ0) is 17.5. The summed E-state index contributed by atoms with van der Waals surface area (Å²) in [5.74, 6) is -0.954. The molecule has 0 saturated carbocycles. The summed E-state index contributed by atoms with van der Waals surface area (Å²) in [6.07, 6.45) is 1.61. The topological polar surface area (TPSA) is 38.7 Å². The largest absolute Gasteiger partial charge is 0.381 e. The molecule has 2 aromatic carbocycles. The van der Waals surface area contributed by atoms with Gasteiger partial charge in [-0.1, -0.05) is 60.2 Å². The Balaban J connectivity index is 1.92. The van der Waals surface area contributed by atoms with Gasteiger partial charge in [0.25, 0.3) is 0 Å². The minimum Gasteiger partial charge on any atom is -0.381 e. The Morgan fingerprint density at radius 3 is 2.04 bits per heavy atom. The molecule has 0 radical (unpaired) electrons. The van der Waals surface area contributed by atoms with E-state index in [0.717, 1.165) is 28.7 Å². The van der Waals surface area contributed by atoms with E-state index in [-0.39, 0.29) is 0 Å². The van der Waals surface area contributed by atoms with Crippen molar-refractivity contribution in [3.63, 3.8) is 0 Å². The molecule has 1 unspecified atom stereocenters. The molecule has 1 aliphatic heterocycles. The zero-order valence-corrected chi connectivity index (χ0v) is 14.8. The van der Waals surface area contributed by atoms with Crippen LogP contribution in [-0.4, -0.2) is 18.3 Å². The van der Waals surface area contributed by atoms with Gasteiger partial charge in [-0.3, -0.25) is 0 Å². The van der Waals surface area contributed by atoms with Crippen LogP contribution < -0.4 is 0 Å². The second-order valence-corrected chi connectivity index (χ2v) is 6.99. The lowest BCUT2D eigenvalue weighted by Gasteiger charge is -2.35. The van der Waals surface area contributed by atoms with Gasteiger partial charge >= 0.3 is 0 Å². The molecule has 1 heterocycles.